The van der Waals surface area contributed by atoms with Gasteiger partial charge in [0.2, 0.25) is 5.56 Å². The van der Waals surface area contributed by atoms with E-state index in [-0.39, 0.29) is 10.5 Å². The van der Waals surface area contributed by atoms with Gasteiger partial charge in [0, 0.05) is 12.3 Å². The molecule has 0 aliphatic rings. The van der Waals surface area contributed by atoms with E-state index in [1.54, 1.807) is 18.2 Å². The van der Waals surface area contributed by atoms with Crippen molar-refractivity contribution in [1.82, 2.24) is 4.98 Å². The lowest BCUT2D eigenvalue weighted by Crippen LogP contribution is -2.15. The average molecular weight is 294 g/mol. The van der Waals surface area contributed by atoms with Crippen LogP contribution in [0.25, 0.3) is 0 Å². The van der Waals surface area contributed by atoms with Gasteiger partial charge in [0.1, 0.15) is 10.6 Å². The highest BCUT2D eigenvalue weighted by molar-refractivity contribution is 7.92. The molecule has 0 spiro atoms. The van der Waals surface area contributed by atoms with Crippen molar-refractivity contribution in [2.75, 3.05) is 11.8 Å². The number of pyridine rings is 1. The first-order chi connectivity index (χ1) is 9.42. The van der Waals surface area contributed by atoms with Crippen LogP contribution in [0.3, 0.4) is 0 Å². The second kappa shape index (κ2) is 5.38. The molecule has 0 radical (unpaired) electrons. The zero-order chi connectivity index (χ0) is 14.8. The quantitative estimate of drug-likeness (QED) is 0.894. The lowest BCUT2D eigenvalue weighted by Gasteiger charge is -2.12. The number of hydrogen-bond acceptors (Lipinski definition) is 4. The molecule has 0 atom stereocenters. The SMILES string of the molecule is COc1cc(C)ccc1NS(=O)(=O)c1ccc(=O)[nH]c1. The first-order valence-electron chi connectivity index (χ1n) is 5.78. The van der Waals surface area contributed by atoms with Gasteiger partial charge < -0.3 is 9.72 Å². The number of anilines is 1. The zero-order valence-corrected chi connectivity index (χ0v) is 11.8. The highest BCUT2D eigenvalue weighted by Crippen LogP contribution is 2.27. The summed E-state index contributed by atoms with van der Waals surface area (Å²) < 4.78 is 31.9. The summed E-state index contributed by atoms with van der Waals surface area (Å²) in [6.07, 6.45) is 1.14. The lowest BCUT2D eigenvalue weighted by molar-refractivity contribution is 0.416. The molecule has 1 aromatic heterocycles. The number of benzene rings is 1. The van der Waals surface area contributed by atoms with E-state index >= 15 is 0 Å². The lowest BCUT2D eigenvalue weighted by atomic mass is 10.2. The Morgan fingerprint density at radius 2 is 1.95 bits per heavy atom. The number of nitrogens with one attached hydrogen (secondary N) is 2. The number of aryl methyl sites for hydroxylation is 1. The van der Waals surface area contributed by atoms with Crippen molar-refractivity contribution >= 4 is 15.7 Å². The third-order valence-corrected chi connectivity index (χ3v) is 4.03. The van der Waals surface area contributed by atoms with Gasteiger partial charge in [-0.25, -0.2) is 8.42 Å². The molecule has 2 aromatic rings. The van der Waals surface area contributed by atoms with Crippen molar-refractivity contribution in [3.63, 3.8) is 0 Å². The van der Waals surface area contributed by atoms with Gasteiger partial charge in [0.15, 0.2) is 0 Å². The molecule has 0 aliphatic carbocycles. The number of aromatic amines is 1. The fourth-order valence-electron chi connectivity index (χ4n) is 1.65. The van der Waals surface area contributed by atoms with Crippen molar-refractivity contribution in [2.24, 2.45) is 0 Å². The Balaban J connectivity index is 2.38. The van der Waals surface area contributed by atoms with Crippen LogP contribution >= 0.6 is 0 Å². The fraction of sp³-hybridized carbons (Fsp3) is 0.154. The van der Waals surface area contributed by atoms with E-state index < -0.39 is 10.0 Å². The minimum absolute atomic E-state index is 0.0280. The monoisotopic (exact) mass is 294 g/mol. The normalized spacial score (nSPS) is 11.1. The van der Waals surface area contributed by atoms with E-state index in [1.807, 2.05) is 6.92 Å². The molecule has 2 rings (SSSR count). The number of aromatic nitrogens is 1. The molecule has 7 heteroatoms. The Bertz CT molecular complexity index is 761. The Labute approximate surface area is 116 Å². The summed E-state index contributed by atoms with van der Waals surface area (Å²) >= 11 is 0. The molecule has 0 aliphatic heterocycles. The van der Waals surface area contributed by atoms with E-state index in [2.05, 4.69) is 9.71 Å². The average Bonchev–Trinajstić information content (AvgIpc) is 2.41. The van der Waals surface area contributed by atoms with Gasteiger partial charge in [-0.15, -0.1) is 0 Å². The number of sulfonamides is 1. The van der Waals surface area contributed by atoms with Crippen LogP contribution in [0.5, 0.6) is 5.75 Å². The number of rotatable bonds is 4. The largest absolute Gasteiger partial charge is 0.495 e. The molecule has 1 aromatic carbocycles. The molecular weight excluding hydrogens is 280 g/mol. The third kappa shape index (κ3) is 3.00. The number of H-pyrrole nitrogens is 1. The summed E-state index contributed by atoms with van der Waals surface area (Å²) in [6, 6.07) is 7.51. The standard InChI is InChI=1S/C13H14N2O4S/c1-9-3-5-11(12(7-9)19-2)15-20(17,18)10-4-6-13(16)14-8-10/h3-8,15H,1-2H3,(H,14,16). The van der Waals surface area contributed by atoms with Crippen LogP contribution in [-0.4, -0.2) is 20.5 Å². The molecule has 2 N–H and O–H groups in total. The third-order valence-electron chi connectivity index (χ3n) is 2.67. The Morgan fingerprint density at radius 3 is 2.55 bits per heavy atom. The molecule has 1 heterocycles. The molecule has 0 bridgehead atoms. The van der Waals surface area contributed by atoms with Gasteiger partial charge in [0.25, 0.3) is 10.0 Å². The number of hydrogen-bond donors (Lipinski definition) is 2. The molecule has 106 valence electrons. The van der Waals surface area contributed by atoms with E-state index in [0.717, 1.165) is 17.8 Å². The molecule has 20 heavy (non-hydrogen) atoms. The summed E-state index contributed by atoms with van der Waals surface area (Å²) in [4.78, 5) is 13.2. The van der Waals surface area contributed by atoms with Crippen molar-refractivity contribution in [3.05, 3.63) is 52.4 Å². The molecule has 0 saturated heterocycles. The predicted octanol–water partition coefficient (Wildman–Crippen LogP) is 1.49. The number of ether oxygens (including phenoxy) is 1. The fourth-order valence-corrected chi connectivity index (χ4v) is 2.69. The summed E-state index contributed by atoms with van der Waals surface area (Å²) in [5.74, 6) is 0.429. The highest BCUT2D eigenvalue weighted by Gasteiger charge is 2.16. The maximum absolute atomic E-state index is 12.2. The number of methoxy groups -OCH3 is 1. The van der Waals surface area contributed by atoms with Crippen molar-refractivity contribution < 1.29 is 13.2 Å². The second-order valence-electron chi connectivity index (χ2n) is 4.20. The molecule has 0 saturated carbocycles. The van der Waals surface area contributed by atoms with Gasteiger partial charge >= 0.3 is 0 Å². The first-order valence-corrected chi connectivity index (χ1v) is 7.27. The molecule has 0 unspecified atom stereocenters. The van der Waals surface area contributed by atoms with E-state index in [4.69, 9.17) is 4.74 Å². The Hall–Kier alpha value is -2.28. The van der Waals surface area contributed by atoms with Crippen LogP contribution in [0.2, 0.25) is 0 Å². The minimum atomic E-state index is -3.78. The van der Waals surface area contributed by atoms with E-state index in [1.165, 1.54) is 13.2 Å². The molecule has 0 amide bonds. The first kappa shape index (κ1) is 14.1. The molecular formula is C13H14N2O4S. The Morgan fingerprint density at radius 1 is 1.20 bits per heavy atom. The van der Waals surface area contributed by atoms with Gasteiger partial charge in [-0.3, -0.25) is 9.52 Å². The van der Waals surface area contributed by atoms with Gasteiger partial charge in [-0.2, -0.15) is 0 Å². The minimum Gasteiger partial charge on any atom is -0.495 e. The van der Waals surface area contributed by atoms with Crippen molar-refractivity contribution in [3.8, 4) is 5.75 Å². The van der Waals surface area contributed by atoms with Crippen LogP contribution < -0.4 is 15.0 Å². The van der Waals surface area contributed by atoms with Crippen LogP contribution in [0.1, 0.15) is 5.56 Å². The second-order valence-corrected chi connectivity index (χ2v) is 5.88. The molecule has 0 fully saturated rings. The summed E-state index contributed by atoms with van der Waals surface area (Å²) in [6.45, 7) is 1.88. The summed E-state index contributed by atoms with van der Waals surface area (Å²) in [5, 5.41) is 0. The van der Waals surface area contributed by atoms with Gasteiger partial charge in [0.05, 0.1) is 12.8 Å². The van der Waals surface area contributed by atoms with Crippen LogP contribution in [0, 0.1) is 6.92 Å². The van der Waals surface area contributed by atoms with Gasteiger partial charge in [-0.05, 0) is 30.7 Å². The van der Waals surface area contributed by atoms with Crippen LogP contribution in [-0.2, 0) is 10.0 Å². The van der Waals surface area contributed by atoms with Gasteiger partial charge in [-0.1, -0.05) is 6.07 Å². The zero-order valence-electron chi connectivity index (χ0n) is 11.0. The van der Waals surface area contributed by atoms with Crippen LogP contribution in [0.4, 0.5) is 5.69 Å². The highest BCUT2D eigenvalue weighted by atomic mass is 32.2. The Kier molecular flexibility index (Phi) is 3.80. The van der Waals surface area contributed by atoms with Crippen molar-refractivity contribution in [2.45, 2.75) is 11.8 Å². The van der Waals surface area contributed by atoms with E-state index in [9.17, 15) is 13.2 Å². The summed E-state index contributed by atoms with van der Waals surface area (Å²) in [7, 11) is -2.31. The maximum Gasteiger partial charge on any atom is 0.263 e. The summed E-state index contributed by atoms with van der Waals surface area (Å²) in [5.41, 5.74) is 0.926. The van der Waals surface area contributed by atoms with Crippen LogP contribution in [0.15, 0.2) is 46.2 Å². The predicted molar refractivity (Wildman–Crippen MR) is 75.6 cm³/mol. The topological polar surface area (TPSA) is 88.3 Å². The van der Waals surface area contributed by atoms with Crippen molar-refractivity contribution in [1.29, 1.82) is 0 Å². The smallest absolute Gasteiger partial charge is 0.263 e. The maximum atomic E-state index is 12.2. The molecule has 6 nitrogen and oxygen atoms in total. The van der Waals surface area contributed by atoms with E-state index in [0.29, 0.717) is 11.4 Å².